The molecule has 6 heteroatoms. The molecule has 18 heavy (non-hydrogen) atoms. The zero-order chi connectivity index (χ0) is 13.1. The summed E-state index contributed by atoms with van der Waals surface area (Å²) in [5.41, 5.74) is 0.613. The Morgan fingerprint density at radius 2 is 2.17 bits per heavy atom. The number of benzene rings is 1. The Morgan fingerprint density at radius 3 is 2.83 bits per heavy atom. The minimum atomic E-state index is -0.214. The fourth-order valence-corrected chi connectivity index (χ4v) is 2.74. The van der Waals surface area contributed by atoms with Crippen molar-refractivity contribution in [3.63, 3.8) is 0 Å². The summed E-state index contributed by atoms with van der Waals surface area (Å²) >= 11 is 1.38. The first kappa shape index (κ1) is 12.9. The van der Waals surface area contributed by atoms with E-state index in [1.165, 1.54) is 11.8 Å². The smallest absolute Gasteiger partial charge is 0.344 e. The molecule has 0 unspecified atom stereocenters. The zero-order valence-corrected chi connectivity index (χ0v) is 11.1. The second-order valence-corrected chi connectivity index (χ2v) is 5.15. The highest BCUT2D eigenvalue weighted by atomic mass is 32.2. The first-order valence-electron chi connectivity index (χ1n) is 5.67. The summed E-state index contributed by atoms with van der Waals surface area (Å²) in [6, 6.07) is 7.56. The standard InChI is InChI=1S/C12H15N3O2S/c1-8(2)15-11(17)13-14-12(15)18-10-6-4-3-5-9(10)7-16/h3-6,8,16H,7H2,1-2H3,(H,13,17). The van der Waals surface area contributed by atoms with Crippen LogP contribution in [0, 0.1) is 0 Å². The SMILES string of the molecule is CC(C)n1c(Sc2ccccc2CO)n[nH]c1=O. The van der Waals surface area contributed by atoms with E-state index in [4.69, 9.17) is 0 Å². The first-order chi connectivity index (χ1) is 8.63. The molecule has 0 saturated heterocycles. The summed E-state index contributed by atoms with van der Waals surface area (Å²) in [5, 5.41) is 16.3. The molecule has 0 bridgehead atoms. The number of nitrogens with zero attached hydrogens (tertiary/aromatic N) is 2. The highest BCUT2D eigenvalue weighted by molar-refractivity contribution is 7.99. The monoisotopic (exact) mass is 265 g/mol. The molecule has 1 aromatic carbocycles. The number of rotatable bonds is 4. The second kappa shape index (κ2) is 5.41. The average Bonchev–Trinajstić information content (AvgIpc) is 2.71. The predicted octanol–water partition coefficient (Wildman–Crippen LogP) is 1.80. The van der Waals surface area contributed by atoms with E-state index >= 15 is 0 Å². The molecule has 1 heterocycles. The molecule has 0 aliphatic heterocycles. The number of hydrogen-bond acceptors (Lipinski definition) is 4. The minimum Gasteiger partial charge on any atom is -0.392 e. The number of aliphatic hydroxyl groups is 1. The highest BCUT2D eigenvalue weighted by Crippen LogP contribution is 2.29. The van der Waals surface area contributed by atoms with E-state index in [-0.39, 0.29) is 18.3 Å². The Balaban J connectivity index is 2.37. The number of aromatic amines is 1. The number of nitrogens with one attached hydrogen (secondary N) is 1. The predicted molar refractivity (Wildman–Crippen MR) is 69.7 cm³/mol. The van der Waals surface area contributed by atoms with Gasteiger partial charge < -0.3 is 5.11 Å². The van der Waals surface area contributed by atoms with Crippen molar-refractivity contribution in [3.8, 4) is 0 Å². The van der Waals surface area contributed by atoms with E-state index in [9.17, 15) is 9.90 Å². The van der Waals surface area contributed by atoms with Crippen LogP contribution < -0.4 is 5.69 Å². The normalized spacial score (nSPS) is 11.1. The lowest BCUT2D eigenvalue weighted by atomic mass is 10.2. The van der Waals surface area contributed by atoms with Gasteiger partial charge in [0.05, 0.1) is 6.61 Å². The molecule has 2 rings (SSSR count). The molecule has 2 N–H and O–H groups in total. The van der Waals surface area contributed by atoms with Crippen LogP contribution in [0.5, 0.6) is 0 Å². The summed E-state index contributed by atoms with van der Waals surface area (Å²) in [7, 11) is 0. The number of aromatic nitrogens is 3. The number of aliphatic hydroxyl groups excluding tert-OH is 1. The van der Waals surface area contributed by atoms with Gasteiger partial charge in [0.1, 0.15) is 0 Å². The zero-order valence-electron chi connectivity index (χ0n) is 10.3. The van der Waals surface area contributed by atoms with Crippen LogP contribution in [-0.2, 0) is 6.61 Å². The maximum atomic E-state index is 11.6. The van der Waals surface area contributed by atoms with Crippen molar-refractivity contribution >= 4 is 11.8 Å². The molecule has 0 radical (unpaired) electrons. The van der Waals surface area contributed by atoms with Gasteiger partial charge in [-0.05, 0) is 37.2 Å². The molecule has 0 saturated carbocycles. The summed E-state index contributed by atoms with van der Waals surface area (Å²) in [4.78, 5) is 12.5. The Bertz CT molecular complexity index is 589. The molecule has 0 atom stereocenters. The van der Waals surface area contributed by atoms with Crippen LogP contribution in [-0.4, -0.2) is 19.9 Å². The third kappa shape index (κ3) is 2.49. The molecule has 0 fully saturated rings. The largest absolute Gasteiger partial charge is 0.392 e. The summed E-state index contributed by atoms with van der Waals surface area (Å²) in [6.07, 6.45) is 0. The van der Waals surface area contributed by atoms with Crippen LogP contribution in [0.1, 0.15) is 25.5 Å². The maximum Gasteiger partial charge on any atom is 0.344 e. The Kier molecular flexibility index (Phi) is 3.88. The molecule has 0 aliphatic rings. The topological polar surface area (TPSA) is 70.9 Å². The van der Waals surface area contributed by atoms with Gasteiger partial charge in [-0.2, -0.15) is 0 Å². The first-order valence-corrected chi connectivity index (χ1v) is 6.48. The average molecular weight is 265 g/mol. The maximum absolute atomic E-state index is 11.6. The van der Waals surface area contributed by atoms with Crippen LogP contribution in [0.4, 0.5) is 0 Å². The van der Waals surface area contributed by atoms with Crippen LogP contribution >= 0.6 is 11.8 Å². The van der Waals surface area contributed by atoms with E-state index in [1.807, 2.05) is 38.1 Å². The van der Waals surface area contributed by atoms with Crippen molar-refractivity contribution in [3.05, 3.63) is 40.3 Å². The van der Waals surface area contributed by atoms with Crippen molar-refractivity contribution in [2.75, 3.05) is 0 Å². The van der Waals surface area contributed by atoms with Crippen molar-refractivity contribution in [1.29, 1.82) is 0 Å². The van der Waals surface area contributed by atoms with Gasteiger partial charge >= 0.3 is 5.69 Å². The quantitative estimate of drug-likeness (QED) is 0.884. The van der Waals surface area contributed by atoms with Crippen LogP contribution in [0.25, 0.3) is 0 Å². The van der Waals surface area contributed by atoms with Crippen molar-refractivity contribution < 1.29 is 5.11 Å². The molecule has 0 aliphatic carbocycles. The fraction of sp³-hybridized carbons (Fsp3) is 0.333. The van der Waals surface area contributed by atoms with Crippen molar-refractivity contribution in [1.82, 2.24) is 14.8 Å². The number of H-pyrrole nitrogens is 1. The van der Waals surface area contributed by atoms with Gasteiger partial charge in [0.15, 0.2) is 5.16 Å². The third-order valence-corrected chi connectivity index (χ3v) is 3.62. The summed E-state index contributed by atoms with van der Waals surface area (Å²) in [5.74, 6) is 0. The van der Waals surface area contributed by atoms with Gasteiger partial charge in [0, 0.05) is 10.9 Å². The molecule has 2 aromatic rings. The number of hydrogen-bond donors (Lipinski definition) is 2. The Labute approximate surface area is 109 Å². The molecule has 0 amide bonds. The minimum absolute atomic E-state index is 0.0283. The molecule has 96 valence electrons. The van der Waals surface area contributed by atoms with Gasteiger partial charge in [-0.1, -0.05) is 18.2 Å². The summed E-state index contributed by atoms with van der Waals surface area (Å²) < 4.78 is 1.60. The van der Waals surface area contributed by atoms with Crippen LogP contribution in [0.15, 0.2) is 39.1 Å². The van der Waals surface area contributed by atoms with Crippen molar-refractivity contribution in [2.45, 2.75) is 36.5 Å². The van der Waals surface area contributed by atoms with Crippen molar-refractivity contribution in [2.24, 2.45) is 0 Å². The van der Waals surface area contributed by atoms with E-state index in [0.29, 0.717) is 5.16 Å². The van der Waals surface area contributed by atoms with Crippen LogP contribution in [0.3, 0.4) is 0 Å². The molecular formula is C12H15N3O2S. The Hall–Kier alpha value is -1.53. The van der Waals surface area contributed by atoms with Gasteiger partial charge in [-0.15, -0.1) is 5.10 Å². The van der Waals surface area contributed by atoms with E-state index in [0.717, 1.165) is 10.5 Å². The lowest BCUT2D eigenvalue weighted by molar-refractivity contribution is 0.279. The lowest BCUT2D eigenvalue weighted by Gasteiger charge is -2.10. The Morgan fingerprint density at radius 1 is 1.44 bits per heavy atom. The van der Waals surface area contributed by atoms with E-state index < -0.39 is 0 Å². The van der Waals surface area contributed by atoms with Gasteiger partial charge in [0.2, 0.25) is 0 Å². The summed E-state index contributed by atoms with van der Waals surface area (Å²) in [6.45, 7) is 3.83. The van der Waals surface area contributed by atoms with Crippen LogP contribution in [0.2, 0.25) is 0 Å². The van der Waals surface area contributed by atoms with Gasteiger partial charge in [-0.25, -0.2) is 9.89 Å². The van der Waals surface area contributed by atoms with E-state index in [2.05, 4.69) is 10.2 Å². The molecular weight excluding hydrogens is 250 g/mol. The molecule has 0 spiro atoms. The highest BCUT2D eigenvalue weighted by Gasteiger charge is 2.13. The fourth-order valence-electron chi connectivity index (χ4n) is 1.65. The molecule has 1 aromatic heterocycles. The molecule has 5 nitrogen and oxygen atoms in total. The second-order valence-electron chi connectivity index (χ2n) is 4.14. The van der Waals surface area contributed by atoms with Gasteiger partial charge in [0.25, 0.3) is 0 Å². The lowest BCUT2D eigenvalue weighted by Crippen LogP contribution is -2.19. The van der Waals surface area contributed by atoms with E-state index in [1.54, 1.807) is 4.57 Å². The van der Waals surface area contributed by atoms with Gasteiger partial charge in [-0.3, -0.25) is 4.57 Å². The third-order valence-electron chi connectivity index (χ3n) is 2.53.